The molecule has 1 aliphatic carbocycles. The zero-order chi connectivity index (χ0) is 18.4. The van der Waals surface area contributed by atoms with Gasteiger partial charge < -0.3 is 18.9 Å². The van der Waals surface area contributed by atoms with E-state index in [4.69, 9.17) is 18.9 Å². The van der Waals surface area contributed by atoms with Crippen molar-refractivity contribution in [2.45, 2.75) is 31.1 Å². The van der Waals surface area contributed by atoms with Crippen LogP contribution < -0.4 is 9.47 Å². The SMILES string of the molecule is COC(=O)CCC1(c2ccc(OC)c(OC)c2)CCC(OC)=CC1=O. The lowest BCUT2D eigenvalue weighted by atomic mass is 9.67. The second-order valence-electron chi connectivity index (χ2n) is 5.91. The molecule has 6 nitrogen and oxygen atoms in total. The minimum atomic E-state index is -0.810. The van der Waals surface area contributed by atoms with E-state index < -0.39 is 5.41 Å². The summed E-state index contributed by atoms with van der Waals surface area (Å²) < 4.78 is 20.6. The van der Waals surface area contributed by atoms with Crippen molar-refractivity contribution >= 4 is 11.8 Å². The summed E-state index contributed by atoms with van der Waals surface area (Å²) in [5.41, 5.74) is -0.0130. The van der Waals surface area contributed by atoms with Gasteiger partial charge in [-0.2, -0.15) is 0 Å². The zero-order valence-electron chi connectivity index (χ0n) is 15.1. The van der Waals surface area contributed by atoms with Crippen LogP contribution in [0.15, 0.2) is 30.0 Å². The van der Waals surface area contributed by atoms with Gasteiger partial charge in [-0.25, -0.2) is 0 Å². The molecular formula is C19H24O6. The van der Waals surface area contributed by atoms with E-state index in [1.807, 2.05) is 6.07 Å². The van der Waals surface area contributed by atoms with Gasteiger partial charge in [0.2, 0.25) is 0 Å². The predicted octanol–water partition coefficient (Wildman–Crippen LogP) is 2.79. The summed E-state index contributed by atoms with van der Waals surface area (Å²) in [5, 5.41) is 0. The molecule has 0 saturated carbocycles. The summed E-state index contributed by atoms with van der Waals surface area (Å²) in [7, 11) is 6.01. The molecule has 1 atom stereocenters. The molecule has 0 fully saturated rings. The Balaban J connectivity index is 2.47. The number of allylic oxidation sites excluding steroid dienone is 2. The molecule has 1 aromatic carbocycles. The van der Waals surface area contributed by atoms with Crippen LogP contribution in [0, 0.1) is 0 Å². The topological polar surface area (TPSA) is 71.1 Å². The van der Waals surface area contributed by atoms with Crippen LogP contribution >= 0.6 is 0 Å². The maximum absolute atomic E-state index is 13.0. The molecule has 25 heavy (non-hydrogen) atoms. The van der Waals surface area contributed by atoms with Crippen molar-refractivity contribution in [1.82, 2.24) is 0 Å². The number of rotatable bonds is 7. The molecule has 1 aliphatic rings. The molecule has 6 heteroatoms. The number of ether oxygens (including phenoxy) is 4. The van der Waals surface area contributed by atoms with Gasteiger partial charge in [0.15, 0.2) is 17.3 Å². The number of methoxy groups -OCH3 is 4. The van der Waals surface area contributed by atoms with E-state index in [-0.39, 0.29) is 18.2 Å². The molecule has 0 heterocycles. The Morgan fingerprint density at radius 3 is 2.36 bits per heavy atom. The number of hydrogen-bond acceptors (Lipinski definition) is 6. The highest BCUT2D eigenvalue weighted by molar-refractivity contribution is 6.00. The number of carbonyl (C=O) groups excluding carboxylic acids is 2. The van der Waals surface area contributed by atoms with Crippen LogP contribution in [0.3, 0.4) is 0 Å². The standard InChI is InChI=1S/C19H24O6/c1-22-14-7-9-19(17(20)12-14,10-8-18(21)25-4)13-5-6-15(23-2)16(11-13)24-3/h5-6,11-12H,7-10H2,1-4H3. The third-order valence-corrected chi connectivity index (χ3v) is 4.74. The van der Waals surface area contributed by atoms with Gasteiger partial charge in [0.1, 0.15) is 0 Å². The molecule has 136 valence electrons. The van der Waals surface area contributed by atoms with Crippen molar-refractivity contribution in [3.63, 3.8) is 0 Å². The van der Waals surface area contributed by atoms with Crippen LogP contribution in [-0.4, -0.2) is 40.2 Å². The van der Waals surface area contributed by atoms with E-state index in [0.29, 0.717) is 36.5 Å². The van der Waals surface area contributed by atoms with Crippen LogP contribution in [0.25, 0.3) is 0 Å². The fourth-order valence-corrected chi connectivity index (χ4v) is 3.21. The molecule has 0 saturated heterocycles. The average Bonchev–Trinajstić information content (AvgIpc) is 2.66. The van der Waals surface area contributed by atoms with Gasteiger partial charge in [-0.15, -0.1) is 0 Å². The second kappa shape index (κ2) is 8.05. The van der Waals surface area contributed by atoms with Crippen LogP contribution in [0.4, 0.5) is 0 Å². The van der Waals surface area contributed by atoms with E-state index in [0.717, 1.165) is 5.56 Å². The first-order valence-corrected chi connectivity index (χ1v) is 8.09. The smallest absolute Gasteiger partial charge is 0.305 e. The summed E-state index contributed by atoms with van der Waals surface area (Å²) >= 11 is 0. The lowest BCUT2D eigenvalue weighted by Gasteiger charge is -2.35. The third-order valence-electron chi connectivity index (χ3n) is 4.74. The molecule has 0 aliphatic heterocycles. The van der Waals surface area contributed by atoms with Crippen LogP contribution in [0.1, 0.15) is 31.2 Å². The highest BCUT2D eigenvalue weighted by Crippen LogP contribution is 2.43. The van der Waals surface area contributed by atoms with Gasteiger partial charge in [-0.3, -0.25) is 9.59 Å². The molecule has 1 unspecified atom stereocenters. The Morgan fingerprint density at radius 1 is 1.08 bits per heavy atom. The van der Waals surface area contributed by atoms with Gasteiger partial charge >= 0.3 is 5.97 Å². The van der Waals surface area contributed by atoms with Gasteiger partial charge in [-0.05, 0) is 30.5 Å². The first-order chi connectivity index (χ1) is 12.0. The predicted molar refractivity (Wildman–Crippen MR) is 91.8 cm³/mol. The summed E-state index contributed by atoms with van der Waals surface area (Å²) in [6.45, 7) is 0. The van der Waals surface area contributed by atoms with Gasteiger partial charge in [0, 0.05) is 18.9 Å². The van der Waals surface area contributed by atoms with Crippen LogP contribution in [0.5, 0.6) is 11.5 Å². The average molecular weight is 348 g/mol. The van der Waals surface area contributed by atoms with E-state index >= 15 is 0 Å². The lowest BCUT2D eigenvalue weighted by Crippen LogP contribution is -2.38. The maximum atomic E-state index is 13.0. The monoisotopic (exact) mass is 348 g/mol. The molecule has 0 radical (unpaired) electrons. The number of hydrogen-bond donors (Lipinski definition) is 0. The van der Waals surface area contributed by atoms with Gasteiger partial charge in [0.05, 0.1) is 39.6 Å². The normalized spacial score (nSPS) is 19.8. The second-order valence-corrected chi connectivity index (χ2v) is 5.91. The first kappa shape index (κ1) is 18.8. The van der Waals surface area contributed by atoms with Crippen molar-refractivity contribution in [2.75, 3.05) is 28.4 Å². The summed E-state index contributed by atoms with van der Waals surface area (Å²) in [6, 6.07) is 5.43. The number of carbonyl (C=O) groups is 2. The van der Waals surface area contributed by atoms with E-state index in [1.165, 1.54) is 13.2 Å². The Bertz CT molecular complexity index is 678. The van der Waals surface area contributed by atoms with Gasteiger partial charge in [0.25, 0.3) is 0 Å². The fraction of sp³-hybridized carbons (Fsp3) is 0.474. The minimum absolute atomic E-state index is 0.0771. The van der Waals surface area contributed by atoms with E-state index in [9.17, 15) is 9.59 Å². The van der Waals surface area contributed by atoms with Crippen molar-refractivity contribution in [3.05, 3.63) is 35.6 Å². The molecular weight excluding hydrogens is 324 g/mol. The largest absolute Gasteiger partial charge is 0.501 e. The number of benzene rings is 1. The van der Waals surface area contributed by atoms with Crippen molar-refractivity contribution in [1.29, 1.82) is 0 Å². The molecule has 0 bridgehead atoms. The first-order valence-electron chi connectivity index (χ1n) is 8.09. The summed E-state index contributed by atoms with van der Waals surface area (Å²) in [6.07, 6.45) is 3.22. The van der Waals surface area contributed by atoms with Crippen LogP contribution in [0.2, 0.25) is 0 Å². The minimum Gasteiger partial charge on any atom is -0.501 e. The Labute approximate surface area is 147 Å². The highest BCUT2D eigenvalue weighted by atomic mass is 16.5. The molecule has 0 spiro atoms. The van der Waals surface area contributed by atoms with E-state index in [1.54, 1.807) is 33.5 Å². The number of esters is 1. The molecule has 0 aromatic heterocycles. The van der Waals surface area contributed by atoms with Crippen LogP contribution in [-0.2, 0) is 24.5 Å². The third kappa shape index (κ3) is 3.78. The van der Waals surface area contributed by atoms with Crippen molar-refractivity contribution in [2.24, 2.45) is 0 Å². The zero-order valence-corrected chi connectivity index (χ0v) is 15.1. The Kier molecular flexibility index (Phi) is 6.07. The highest BCUT2D eigenvalue weighted by Gasteiger charge is 2.42. The van der Waals surface area contributed by atoms with E-state index in [2.05, 4.69) is 0 Å². The van der Waals surface area contributed by atoms with Crippen molar-refractivity contribution in [3.8, 4) is 11.5 Å². The molecule has 0 amide bonds. The fourth-order valence-electron chi connectivity index (χ4n) is 3.21. The quantitative estimate of drug-likeness (QED) is 0.706. The summed E-state index contributed by atoms with van der Waals surface area (Å²) in [5.74, 6) is 1.37. The Morgan fingerprint density at radius 2 is 1.80 bits per heavy atom. The van der Waals surface area contributed by atoms with Gasteiger partial charge in [-0.1, -0.05) is 6.07 Å². The summed E-state index contributed by atoms with van der Waals surface area (Å²) in [4.78, 5) is 24.6. The lowest BCUT2D eigenvalue weighted by molar-refractivity contribution is -0.141. The molecule has 1 aromatic rings. The molecule has 0 N–H and O–H groups in total. The maximum Gasteiger partial charge on any atom is 0.305 e. The number of ketones is 1. The molecule has 2 rings (SSSR count). The van der Waals surface area contributed by atoms with Crippen molar-refractivity contribution < 1.29 is 28.5 Å². The Hall–Kier alpha value is -2.50.